The lowest BCUT2D eigenvalue weighted by Crippen LogP contribution is -2.32. The van der Waals surface area contributed by atoms with Crippen molar-refractivity contribution in [2.75, 3.05) is 0 Å². The number of imidazole rings is 1. The number of nitrogens with zero attached hydrogens (tertiary/aromatic N) is 3. The van der Waals surface area contributed by atoms with Gasteiger partial charge >= 0.3 is 6.09 Å². The zero-order valence-corrected chi connectivity index (χ0v) is 13.7. The molecule has 7 heteroatoms. The van der Waals surface area contributed by atoms with Gasteiger partial charge in [0.1, 0.15) is 11.4 Å². The van der Waals surface area contributed by atoms with E-state index in [1.54, 1.807) is 45.2 Å². The van der Waals surface area contributed by atoms with Gasteiger partial charge in [-0.05, 0) is 39.0 Å². The fraction of sp³-hybridized carbons (Fsp3) is 0.294. The number of nitrogens with one attached hydrogen (secondary N) is 2. The molecule has 3 rings (SSSR count). The van der Waals surface area contributed by atoms with Gasteiger partial charge in [-0.2, -0.15) is 5.26 Å². The number of pyridine rings is 1. The number of ether oxygens (including phenoxy) is 1. The van der Waals surface area contributed by atoms with Gasteiger partial charge in [0.05, 0.1) is 40.9 Å². The van der Waals surface area contributed by atoms with Crippen LogP contribution in [0.15, 0.2) is 24.4 Å². The van der Waals surface area contributed by atoms with Crippen LogP contribution in [-0.2, 0) is 11.3 Å². The number of fused-ring (bicyclic) bond motifs is 3. The second-order valence-corrected chi connectivity index (χ2v) is 6.40. The summed E-state index contributed by atoms with van der Waals surface area (Å²) in [6.45, 7) is 5.62. The van der Waals surface area contributed by atoms with Crippen molar-refractivity contribution in [1.82, 2.24) is 20.3 Å². The number of nitriles is 1. The normalized spacial score (nSPS) is 11.4. The molecular formula is C17H17N5O2. The van der Waals surface area contributed by atoms with Crippen molar-refractivity contribution in [2.45, 2.75) is 32.9 Å². The average Bonchev–Trinajstić information content (AvgIpc) is 2.94. The predicted octanol–water partition coefficient (Wildman–Crippen LogP) is 3.01. The van der Waals surface area contributed by atoms with E-state index in [1.807, 2.05) is 0 Å². The number of aromatic nitrogens is 3. The van der Waals surface area contributed by atoms with Crippen LogP contribution in [0.2, 0.25) is 0 Å². The molecule has 0 radical (unpaired) electrons. The molecule has 0 aliphatic heterocycles. The maximum atomic E-state index is 11.7. The lowest BCUT2D eigenvalue weighted by atomic mass is 10.1. The first-order chi connectivity index (χ1) is 11.4. The van der Waals surface area contributed by atoms with E-state index < -0.39 is 11.7 Å². The van der Waals surface area contributed by atoms with Crippen LogP contribution in [0.4, 0.5) is 4.79 Å². The largest absolute Gasteiger partial charge is 0.444 e. The minimum absolute atomic E-state index is 0.211. The third-order valence-electron chi connectivity index (χ3n) is 3.29. The van der Waals surface area contributed by atoms with Crippen LogP contribution in [0, 0.1) is 11.3 Å². The Balaban J connectivity index is 1.87. The molecule has 1 aromatic carbocycles. The van der Waals surface area contributed by atoms with Crippen LogP contribution in [-0.4, -0.2) is 26.6 Å². The summed E-state index contributed by atoms with van der Waals surface area (Å²) in [5.74, 6) is 0.590. The van der Waals surface area contributed by atoms with E-state index in [9.17, 15) is 4.79 Å². The van der Waals surface area contributed by atoms with Crippen molar-refractivity contribution in [3.05, 3.63) is 35.8 Å². The molecule has 2 heterocycles. The molecule has 0 saturated carbocycles. The summed E-state index contributed by atoms with van der Waals surface area (Å²) >= 11 is 0. The lowest BCUT2D eigenvalue weighted by Gasteiger charge is -2.19. The molecule has 0 aliphatic rings. The van der Waals surface area contributed by atoms with E-state index >= 15 is 0 Å². The minimum atomic E-state index is -0.550. The van der Waals surface area contributed by atoms with Gasteiger partial charge in [0.25, 0.3) is 0 Å². The van der Waals surface area contributed by atoms with Gasteiger partial charge in [-0.1, -0.05) is 0 Å². The molecule has 1 amide bonds. The maximum absolute atomic E-state index is 11.7. The Hall–Kier alpha value is -3.14. The van der Waals surface area contributed by atoms with Crippen LogP contribution >= 0.6 is 0 Å². The molecule has 2 N–H and O–H groups in total. The van der Waals surface area contributed by atoms with Crippen LogP contribution in [0.25, 0.3) is 21.9 Å². The highest BCUT2D eigenvalue weighted by atomic mass is 16.6. The maximum Gasteiger partial charge on any atom is 0.408 e. The molecule has 2 aromatic heterocycles. The summed E-state index contributed by atoms with van der Waals surface area (Å²) in [6.07, 6.45) is 1.19. The van der Waals surface area contributed by atoms with Gasteiger partial charge in [-0.25, -0.2) is 9.78 Å². The number of alkyl carbamates (subject to hydrolysis) is 1. The molecule has 0 saturated heterocycles. The Labute approximate surface area is 138 Å². The third kappa shape index (κ3) is 3.27. The van der Waals surface area contributed by atoms with Crippen molar-refractivity contribution in [3.8, 4) is 6.07 Å². The van der Waals surface area contributed by atoms with Crippen molar-refractivity contribution in [3.63, 3.8) is 0 Å². The number of carbonyl (C=O) groups is 1. The molecule has 0 atom stereocenters. The smallest absolute Gasteiger partial charge is 0.408 e. The SMILES string of the molecule is CC(C)(C)OC(=O)NCc1nc2c(cnc3ccc(C#N)cc32)[nH]1. The van der Waals surface area contributed by atoms with E-state index in [4.69, 9.17) is 10.00 Å². The molecule has 0 unspecified atom stereocenters. The highest BCUT2D eigenvalue weighted by molar-refractivity contribution is 6.02. The minimum Gasteiger partial charge on any atom is -0.444 e. The van der Waals surface area contributed by atoms with Crippen LogP contribution in [0.1, 0.15) is 32.2 Å². The molecule has 3 aromatic rings. The number of hydrogen-bond acceptors (Lipinski definition) is 5. The Morgan fingerprint density at radius 3 is 2.92 bits per heavy atom. The molecule has 0 spiro atoms. The predicted molar refractivity (Wildman–Crippen MR) is 89.2 cm³/mol. The summed E-state index contributed by atoms with van der Waals surface area (Å²) in [4.78, 5) is 23.7. The Morgan fingerprint density at radius 1 is 1.42 bits per heavy atom. The first kappa shape index (κ1) is 15.7. The highest BCUT2D eigenvalue weighted by Crippen LogP contribution is 2.22. The first-order valence-corrected chi connectivity index (χ1v) is 7.50. The fourth-order valence-electron chi connectivity index (χ4n) is 2.33. The van der Waals surface area contributed by atoms with Crippen molar-refractivity contribution < 1.29 is 9.53 Å². The molecule has 24 heavy (non-hydrogen) atoms. The summed E-state index contributed by atoms with van der Waals surface area (Å²) in [5.41, 5.74) is 2.23. The van der Waals surface area contributed by atoms with Gasteiger partial charge < -0.3 is 15.0 Å². The summed E-state index contributed by atoms with van der Waals surface area (Å²) in [7, 11) is 0. The quantitative estimate of drug-likeness (QED) is 0.754. The molecule has 0 aliphatic carbocycles. The van der Waals surface area contributed by atoms with Gasteiger partial charge in [-0.15, -0.1) is 0 Å². The monoisotopic (exact) mass is 323 g/mol. The average molecular weight is 323 g/mol. The van der Waals surface area contributed by atoms with Gasteiger partial charge in [0.2, 0.25) is 0 Å². The Bertz CT molecular complexity index is 963. The molecule has 7 nitrogen and oxygen atoms in total. The second-order valence-electron chi connectivity index (χ2n) is 6.40. The number of benzene rings is 1. The van der Waals surface area contributed by atoms with E-state index in [0.717, 1.165) is 21.9 Å². The topological polar surface area (TPSA) is 104 Å². The molecular weight excluding hydrogens is 306 g/mol. The zero-order valence-electron chi connectivity index (χ0n) is 13.7. The van der Waals surface area contributed by atoms with Crippen LogP contribution in [0.5, 0.6) is 0 Å². The van der Waals surface area contributed by atoms with E-state index in [-0.39, 0.29) is 6.54 Å². The number of H-pyrrole nitrogens is 1. The standard InChI is InChI=1S/C17H17N5O2/c1-17(2,3)24-16(23)20-9-14-21-13-8-19-12-5-4-10(7-18)6-11(12)15(13)22-14/h4-6,8H,9H2,1-3H3,(H,20,23)(H,21,22). The molecule has 0 fully saturated rings. The van der Waals surface area contributed by atoms with Gasteiger partial charge in [0, 0.05) is 5.39 Å². The Morgan fingerprint density at radius 2 is 2.21 bits per heavy atom. The van der Waals surface area contributed by atoms with Gasteiger partial charge in [-0.3, -0.25) is 4.98 Å². The summed E-state index contributed by atoms with van der Waals surface area (Å²) in [5, 5.41) is 12.5. The number of aromatic amines is 1. The molecule has 0 bridgehead atoms. The lowest BCUT2D eigenvalue weighted by molar-refractivity contribution is 0.0522. The summed E-state index contributed by atoms with van der Waals surface area (Å²) < 4.78 is 5.19. The summed E-state index contributed by atoms with van der Waals surface area (Å²) in [6, 6.07) is 7.39. The number of carbonyl (C=O) groups excluding carboxylic acids is 1. The third-order valence-corrected chi connectivity index (χ3v) is 3.29. The van der Waals surface area contributed by atoms with Crippen LogP contribution < -0.4 is 5.32 Å². The van der Waals surface area contributed by atoms with Crippen LogP contribution in [0.3, 0.4) is 0 Å². The molecule has 122 valence electrons. The second kappa shape index (κ2) is 5.81. The Kier molecular flexibility index (Phi) is 3.81. The fourth-order valence-corrected chi connectivity index (χ4v) is 2.33. The van der Waals surface area contributed by atoms with Crippen molar-refractivity contribution in [2.24, 2.45) is 0 Å². The number of amides is 1. The highest BCUT2D eigenvalue weighted by Gasteiger charge is 2.16. The van der Waals surface area contributed by atoms with Crippen molar-refractivity contribution >= 4 is 28.0 Å². The van der Waals surface area contributed by atoms with Gasteiger partial charge in [0.15, 0.2) is 0 Å². The zero-order chi connectivity index (χ0) is 17.3. The van der Waals surface area contributed by atoms with E-state index in [0.29, 0.717) is 11.4 Å². The van der Waals surface area contributed by atoms with Crippen molar-refractivity contribution in [1.29, 1.82) is 5.26 Å². The number of hydrogen-bond donors (Lipinski definition) is 2. The first-order valence-electron chi connectivity index (χ1n) is 7.50. The van der Waals surface area contributed by atoms with E-state index in [1.165, 1.54) is 0 Å². The number of rotatable bonds is 2. The van der Waals surface area contributed by atoms with E-state index in [2.05, 4.69) is 26.3 Å².